The Hall–Kier alpha value is -1.30. The van der Waals surface area contributed by atoms with Crippen LogP contribution < -0.4 is 0 Å². The lowest BCUT2D eigenvalue weighted by molar-refractivity contribution is 0.0150. The Labute approximate surface area is 110 Å². The van der Waals surface area contributed by atoms with Crippen LogP contribution in [0, 0.1) is 23.7 Å². The summed E-state index contributed by atoms with van der Waals surface area (Å²) in [7, 11) is 0. The Kier molecular flexibility index (Phi) is 6.49. The maximum absolute atomic E-state index is 10.0. The third kappa shape index (κ3) is 4.91. The second-order valence-corrected chi connectivity index (χ2v) is 4.65. The van der Waals surface area contributed by atoms with E-state index in [9.17, 15) is 5.11 Å². The average Bonchev–Trinajstić information content (AvgIpc) is 2.39. The zero-order chi connectivity index (χ0) is 13.4. The van der Waals surface area contributed by atoms with Gasteiger partial charge in [0.1, 0.15) is 0 Å². The maximum atomic E-state index is 10.0. The van der Waals surface area contributed by atoms with Crippen LogP contribution in [0.4, 0.5) is 0 Å². The monoisotopic (exact) mass is 246 g/mol. The molecule has 0 saturated heterocycles. The molecule has 1 rings (SSSR count). The van der Waals surface area contributed by atoms with Crippen molar-refractivity contribution in [2.45, 2.75) is 33.5 Å². The molecule has 0 unspecified atom stereocenters. The minimum atomic E-state index is -0.437. The van der Waals surface area contributed by atoms with Gasteiger partial charge in [-0.3, -0.25) is 0 Å². The van der Waals surface area contributed by atoms with E-state index in [0.29, 0.717) is 13.2 Å². The lowest BCUT2D eigenvalue weighted by Crippen LogP contribution is -2.28. The molecule has 18 heavy (non-hydrogen) atoms. The van der Waals surface area contributed by atoms with Crippen molar-refractivity contribution in [2.75, 3.05) is 6.61 Å². The molecule has 0 aromatic heterocycles. The first-order valence-electron chi connectivity index (χ1n) is 6.37. The Bertz CT molecular complexity index is 389. The van der Waals surface area contributed by atoms with Crippen LogP contribution >= 0.6 is 0 Å². The van der Waals surface area contributed by atoms with Crippen LogP contribution in [0.15, 0.2) is 30.3 Å². The van der Waals surface area contributed by atoms with Crippen LogP contribution in [0.1, 0.15) is 26.3 Å². The fraction of sp³-hybridized carbons (Fsp3) is 0.500. The van der Waals surface area contributed by atoms with Gasteiger partial charge >= 0.3 is 0 Å². The van der Waals surface area contributed by atoms with E-state index < -0.39 is 6.10 Å². The van der Waals surface area contributed by atoms with Crippen molar-refractivity contribution in [1.82, 2.24) is 0 Å². The molecule has 2 heteroatoms. The highest BCUT2D eigenvalue weighted by Crippen LogP contribution is 2.13. The SMILES string of the molecule is CC#C[C@H](C)[C@@H](O)[C@@H](C)COCc1ccccc1. The first-order valence-corrected chi connectivity index (χ1v) is 6.37. The van der Waals surface area contributed by atoms with Crippen molar-refractivity contribution >= 4 is 0 Å². The molecular formula is C16H22O2. The zero-order valence-electron chi connectivity index (χ0n) is 11.4. The molecule has 1 aromatic carbocycles. The normalized spacial score (nSPS) is 15.3. The van der Waals surface area contributed by atoms with E-state index in [2.05, 4.69) is 11.8 Å². The highest BCUT2D eigenvalue weighted by Gasteiger charge is 2.19. The van der Waals surface area contributed by atoms with E-state index >= 15 is 0 Å². The van der Waals surface area contributed by atoms with Gasteiger partial charge in [0.2, 0.25) is 0 Å². The second kappa shape index (κ2) is 7.92. The number of rotatable bonds is 6. The van der Waals surface area contributed by atoms with Crippen molar-refractivity contribution in [2.24, 2.45) is 11.8 Å². The number of benzene rings is 1. The summed E-state index contributed by atoms with van der Waals surface area (Å²) in [5.74, 6) is 5.89. The molecule has 1 N–H and O–H groups in total. The first-order chi connectivity index (χ1) is 8.65. The van der Waals surface area contributed by atoms with E-state index in [1.807, 2.05) is 44.2 Å². The molecule has 3 atom stereocenters. The van der Waals surface area contributed by atoms with Crippen LogP contribution in [-0.4, -0.2) is 17.8 Å². The fourth-order valence-corrected chi connectivity index (χ4v) is 1.84. The summed E-state index contributed by atoms with van der Waals surface area (Å²) in [5.41, 5.74) is 1.15. The molecule has 0 aliphatic heterocycles. The van der Waals surface area contributed by atoms with Gasteiger partial charge in [0, 0.05) is 11.8 Å². The zero-order valence-corrected chi connectivity index (χ0v) is 11.4. The highest BCUT2D eigenvalue weighted by atomic mass is 16.5. The van der Waals surface area contributed by atoms with Crippen LogP contribution in [-0.2, 0) is 11.3 Å². The summed E-state index contributed by atoms with van der Waals surface area (Å²) in [4.78, 5) is 0. The van der Waals surface area contributed by atoms with Crippen molar-refractivity contribution in [3.8, 4) is 11.8 Å². The van der Waals surface area contributed by atoms with Gasteiger partial charge in [-0.05, 0) is 19.4 Å². The summed E-state index contributed by atoms with van der Waals surface area (Å²) < 4.78 is 5.62. The summed E-state index contributed by atoms with van der Waals surface area (Å²) in [5, 5.41) is 10.0. The standard InChI is InChI=1S/C16H22O2/c1-4-8-13(2)16(17)14(3)11-18-12-15-9-6-5-7-10-15/h5-7,9-10,13-14,16-17H,11-12H2,1-3H3/t13-,14-,16+/m0/s1. The number of hydrogen-bond acceptors (Lipinski definition) is 2. The number of ether oxygens (including phenoxy) is 1. The molecule has 1 aromatic rings. The minimum Gasteiger partial charge on any atom is -0.391 e. The van der Waals surface area contributed by atoms with Crippen molar-refractivity contribution < 1.29 is 9.84 Å². The van der Waals surface area contributed by atoms with Crippen LogP contribution in [0.5, 0.6) is 0 Å². The lowest BCUT2D eigenvalue weighted by atomic mass is 9.94. The molecule has 0 bridgehead atoms. The predicted molar refractivity (Wildman–Crippen MR) is 73.9 cm³/mol. The molecule has 0 aliphatic rings. The van der Waals surface area contributed by atoms with Crippen molar-refractivity contribution in [3.63, 3.8) is 0 Å². The van der Waals surface area contributed by atoms with Crippen LogP contribution in [0.3, 0.4) is 0 Å². The topological polar surface area (TPSA) is 29.5 Å². The summed E-state index contributed by atoms with van der Waals surface area (Å²) in [6.45, 7) is 6.86. The van der Waals surface area contributed by atoms with Gasteiger partial charge in [-0.15, -0.1) is 5.92 Å². The van der Waals surface area contributed by atoms with Crippen LogP contribution in [0.25, 0.3) is 0 Å². The highest BCUT2D eigenvalue weighted by molar-refractivity contribution is 5.13. The molecule has 0 heterocycles. The van der Waals surface area contributed by atoms with E-state index in [1.54, 1.807) is 6.92 Å². The Balaban J connectivity index is 2.32. The van der Waals surface area contributed by atoms with Gasteiger partial charge in [0.25, 0.3) is 0 Å². The summed E-state index contributed by atoms with van der Waals surface area (Å²) >= 11 is 0. The third-order valence-corrected chi connectivity index (χ3v) is 2.96. The minimum absolute atomic E-state index is 0.00896. The summed E-state index contributed by atoms with van der Waals surface area (Å²) in [6, 6.07) is 10.0. The average molecular weight is 246 g/mol. The van der Waals surface area contributed by atoms with E-state index in [1.165, 1.54) is 0 Å². The molecule has 0 spiro atoms. The largest absolute Gasteiger partial charge is 0.391 e. The Morgan fingerprint density at radius 2 is 1.89 bits per heavy atom. The van der Waals surface area contributed by atoms with Gasteiger partial charge in [-0.25, -0.2) is 0 Å². The Morgan fingerprint density at radius 3 is 2.50 bits per heavy atom. The first kappa shape index (κ1) is 14.8. The molecule has 2 nitrogen and oxygen atoms in total. The molecule has 0 radical (unpaired) electrons. The molecular weight excluding hydrogens is 224 g/mol. The molecule has 0 aliphatic carbocycles. The van der Waals surface area contributed by atoms with E-state index in [-0.39, 0.29) is 11.8 Å². The second-order valence-electron chi connectivity index (χ2n) is 4.65. The molecule has 0 amide bonds. The van der Waals surface area contributed by atoms with Crippen molar-refractivity contribution in [3.05, 3.63) is 35.9 Å². The Morgan fingerprint density at radius 1 is 1.22 bits per heavy atom. The quantitative estimate of drug-likeness (QED) is 0.782. The fourth-order valence-electron chi connectivity index (χ4n) is 1.84. The maximum Gasteiger partial charge on any atom is 0.0722 e. The third-order valence-electron chi connectivity index (χ3n) is 2.96. The van der Waals surface area contributed by atoms with Gasteiger partial charge in [0.15, 0.2) is 0 Å². The predicted octanol–water partition coefficient (Wildman–Crippen LogP) is 2.86. The van der Waals surface area contributed by atoms with Gasteiger partial charge in [-0.2, -0.15) is 0 Å². The van der Waals surface area contributed by atoms with Gasteiger partial charge < -0.3 is 9.84 Å². The smallest absolute Gasteiger partial charge is 0.0722 e. The molecule has 0 fully saturated rings. The van der Waals surface area contributed by atoms with Crippen LogP contribution in [0.2, 0.25) is 0 Å². The number of hydrogen-bond donors (Lipinski definition) is 1. The van der Waals surface area contributed by atoms with E-state index in [4.69, 9.17) is 4.74 Å². The lowest BCUT2D eigenvalue weighted by Gasteiger charge is -2.21. The van der Waals surface area contributed by atoms with Gasteiger partial charge in [0.05, 0.1) is 19.3 Å². The van der Waals surface area contributed by atoms with Gasteiger partial charge in [-0.1, -0.05) is 43.2 Å². The molecule has 0 saturated carbocycles. The number of aliphatic hydroxyl groups excluding tert-OH is 1. The molecule has 98 valence electrons. The van der Waals surface area contributed by atoms with Crippen molar-refractivity contribution in [1.29, 1.82) is 0 Å². The van der Waals surface area contributed by atoms with E-state index in [0.717, 1.165) is 5.56 Å². The summed E-state index contributed by atoms with van der Waals surface area (Å²) in [6.07, 6.45) is -0.437. The number of aliphatic hydroxyl groups is 1.